The van der Waals surface area contributed by atoms with E-state index in [2.05, 4.69) is 20.7 Å². The zero-order valence-electron chi connectivity index (χ0n) is 12.5. The number of dihydropyridines is 1. The van der Waals surface area contributed by atoms with Crippen molar-refractivity contribution in [1.29, 1.82) is 0 Å². The number of amides is 1. The molecule has 1 heterocycles. The Hall–Kier alpha value is -1.44. The van der Waals surface area contributed by atoms with Crippen LogP contribution in [0.15, 0.2) is 28.1 Å². The van der Waals surface area contributed by atoms with E-state index in [0.29, 0.717) is 10.9 Å². The van der Waals surface area contributed by atoms with Crippen LogP contribution < -0.4 is 16.5 Å². The fourth-order valence-corrected chi connectivity index (χ4v) is 3.20. The molecule has 0 aromatic carbocycles. The Morgan fingerprint density at radius 2 is 2.26 bits per heavy atom. The molecule has 0 radical (unpaired) electrons. The van der Waals surface area contributed by atoms with E-state index >= 15 is 0 Å². The van der Waals surface area contributed by atoms with Crippen molar-refractivity contribution in [1.82, 2.24) is 15.6 Å². The van der Waals surface area contributed by atoms with Crippen molar-refractivity contribution in [2.24, 2.45) is 11.0 Å². The maximum absolute atomic E-state index is 12.6. The summed E-state index contributed by atoms with van der Waals surface area (Å²) in [4.78, 5) is 15.4. The molecule has 0 spiro atoms. The third kappa shape index (κ3) is 4.76. The van der Waals surface area contributed by atoms with Gasteiger partial charge in [-0.15, -0.1) is 0 Å². The Morgan fingerprint density at radius 3 is 2.87 bits per heavy atom. The molecule has 10 heteroatoms. The molecular formula is C13H19Cl2N7O. The van der Waals surface area contributed by atoms with Crippen LogP contribution in [0.4, 0.5) is 0 Å². The molecule has 1 aliphatic carbocycles. The minimum absolute atomic E-state index is 0.0101. The number of rotatable bonds is 6. The molecule has 23 heavy (non-hydrogen) atoms. The Morgan fingerprint density at radius 1 is 1.57 bits per heavy atom. The molecule has 126 valence electrons. The van der Waals surface area contributed by atoms with E-state index in [1.54, 1.807) is 12.2 Å². The van der Waals surface area contributed by atoms with Gasteiger partial charge in [0.25, 0.3) is 5.91 Å². The van der Waals surface area contributed by atoms with Crippen LogP contribution in [-0.2, 0) is 4.79 Å². The minimum atomic E-state index is -0.715. The molecule has 1 amide bonds. The zero-order chi connectivity index (χ0) is 16.8. The molecule has 2 aliphatic rings. The molecule has 0 aromatic heterocycles. The van der Waals surface area contributed by atoms with Gasteiger partial charge >= 0.3 is 0 Å². The van der Waals surface area contributed by atoms with Crippen LogP contribution in [0, 0.1) is 0 Å². The molecular weight excluding hydrogens is 341 g/mol. The number of carbonyl (C=O) groups excluding carboxylic acids is 1. The van der Waals surface area contributed by atoms with Gasteiger partial charge in [-0.1, -0.05) is 41.2 Å². The Bertz CT molecular complexity index is 553. The smallest absolute Gasteiger partial charge is 0.258 e. The number of carbonyl (C=O) groups is 1. The van der Waals surface area contributed by atoms with Crippen molar-refractivity contribution in [2.45, 2.75) is 43.3 Å². The highest BCUT2D eigenvalue weighted by Gasteiger charge is 2.30. The van der Waals surface area contributed by atoms with E-state index in [0.717, 1.165) is 30.7 Å². The maximum Gasteiger partial charge on any atom is 0.258 e. The summed E-state index contributed by atoms with van der Waals surface area (Å²) in [6, 6.07) is -0.462. The fraction of sp³-hybridized carbons (Fsp3) is 0.615. The summed E-state index contributed by atoms with van der Waals surface area (Å²) in [6.45, 7) is -0.0101. The first-order valence-electron chi connectivity index (χ1n) is 7.36. The predicted molar refractivity (Wildman–Crippen MR) is 89.0 cm³/mol. The normalized spacial score (nSPS) is 22.5. The molecule has 1 unspecified atom stereocenters. The molecule has 1 saturated carbocycles. The van der Waals surface area contributed by atoms with Crippen LogP contribution in [0.5, 0.6) is 0 Å². The van der Waals surface area contributed by atoms with Crippen LogP contribution in [0.1, 0.15) is 25.7 Å². The topological polar surface area (TPSA) is 119 Å². The minimum Gasteiger partial charge on any atom is -0.355 e. The average Bonchev–Trinajstić information content (AvgIpc) is 3.03. The third-order valence-electron chi connectivity index (χ3n) is 3.86. The highest BCUT2D eigenvalue weighted by atomic mass is 35.5. The van der Waals surface area contributed by atoms with Crippen molar-refractivity contribution >= 4 is 29.1 Å². The van der Waals surface area contributed by atoms with E-state index in [1.165, 1.54) is 0 Å². The van der Waals surface area contributed by atoms with Gasteiger partial charge < -0.3 is 10.6 Å². The average molecular weight is 360 g/mol. The van der Waals surface area contributed by atoms with Gasteiger partial charge in [-0.05, 0) is 30.5 Å². The van der Waals surface area contributed by atoms with Crippen molar-refractivity contribution in [2.75, 3.05) is 6.54 Å². The van der Waals surface area contributed by atoms with Crippen LogP contribution >= 0.6 is 23.2 Å². The lowest BCUT2D eigenvalue weighted by molar-refractivity contribution is -0.131. The van der Waals surface area contributed by atoms with Gasteiger partial charge in [0.2, 0.25) is 0 Å². The quantitative estimate of drug-likeness (QED) is 0.0981. The lowest BCUT2D eigenvalue weighted by Gasteiger charge is -2.30. The van der Waals surface area contributed by atoms with Gasteiger partial charge in [0.15, 0.2) is 0 Å². The number of nitrogens with two attached hydrogens (primary N) is 1. The van der Waals surface area contributed by atoms with Crippen molar-refractivity contribution in [3.05, 3.63) is 33.4 Å². The molecule has 2 atom stereocenters. The van der Waals surface area contributed by atoms with Crippen LogP contribution in [-0.4, -0.2) is 35.0 Å². The summed E-state index contributed by atoms with van der Waals surface area (Å²) in [5.41, 5.74) is 8.19. The molecule has 0 saturated heterocycles. The Labute approximate surface area is 144 Å². The first-order valence-corrected chi connectivity index (χ1v) is 8.18. The second kappa shape index (κ2) is 8.42. The highest BCUT2D eigenvalue weighted by molar-refractivity contribution is 6.31. The number of allylic oxidation sites excluding steroid dienone is 2. The zero-order valence-corrected chi connectivity index (χ0v) is 14.0. The van der Waals surface area contributed by atoms with Gasteiger partial charge in [0.1, 0.15) is 10.7 Å². The number of hydrazine groups is 1. The largest absolute Gasteiger partial charge is 0.355 e. The number of nitrogens with one attached hydrogen (secondary N) is 2. The van der Waals surface area contributed by atoms with E-state index in [1.807, 2.05) is 0 Å². The second-order valence-corrected chi connectivity index (χ2v) is 6.28. The van der Waals surface area contributed by atoms with E-state index in [4.69, 9.17) is 34.6 Å². The monoisotopic (exact) mass is 359 g/mol. The van der Waals surface area contributed by atoms with Crippen LogP contribution in [0.2, 0.25) is 0 Å². The van der Waals surface area contributed by atoms with Crippen LogP contribution in [0.3, 0.4) is 0 Å². The standard InChI is InChI=1S/C13H19Cl2N7O/c14-11-6-5-10(12(15)20-11)22(17)13(23)9(7-18-21-16)19-8-3-1-2-4-8/h5-6,8-9,12,19-20H,1-4,7,17H2/t9-,12?/m1/s1. The summed E-state index contributed by atoms with van der Waals surface area (Å²) in [5.74, 6) is 5.51. The van der Waals surface area contributed by atoms with E-state index < -0.39 is 17.5 Å². The summed E-state index contributed by atoms with van der Waals surface area (Å²) < 4.78 is 0. The van der Waals surface area contributed by atoms with Gasteiger partial charge in [-0.25, -0.2) is 10.9 Å². The molecule has 4 N–H and O–H groups in total. The lowest BCUT2D eigenvalue weighted by Crippen LogP contribution is -2.54. The number of nitrogens with zero attached hydrogens (tertiary/aromatic N) is 4. The Balaban J connectivity index is 2.09. The molecule has 8 nitrogen and oxygen atoms in total. The Kier molecular flexibility index (Phi) is 6.56. The van der Waals surface area contributed by atoms with Gasteiger partial charge in [0.05, 0.1) is 18.3 Å². The first kappa shape index (κ1) is 17.9. The number of halogens is 2. The summed E-state index contributed by atoms with van der Waals surface area (Å²) in [6.07, 6.45) is 7.37. The third-order valence-corrected chi connectivity index (χ3v) is 4.43. The number of hydrogen-bond donors (Lipinski definition) is 3. The lowest BCUT2D eigenvalue weighted by atomic mass is 10.1. The SMILES string of the molecule is [N-]=[N+]=NC[C@@H](NC1CCCC1)C(=O)N(N)C1=CC=C(Cl)NC1Cl. The molecule has 0 bridgehead atoms. The van der Waals surface area contributed by atoms with Gasteiger partial charge in [-0.3, -0.25) is 4.79 Å². The van der Waals surface area contributed by atoms with E-state index in [-0.39, 0.29) is 12.6 Å². The molecule has 2 rings (SSSR count). The van der Waals surface area contributed by atoms with Gasteiger partial charge in [-0.2, -0.15) is 0 Å². The van der Waals surface area contributed by atoms with E-state index in [9.17, 15) is 4.79 Å². The van der Waals surface area contributed by atoms with Crippen molar-refractivity contribution in [3.8, 4) is 0 Å². The number of azide groups is 1. The number of hydrogen-bond acceptors (Lipinski definition) is 5. The maximum atomic E-state index is 12.6. The summed E-state index contributed by atoms with van der Waals surface area (Å²) in [5, 5.41) is 10.8. The summed E-state index contributed by atoms with van der Waals surface area (Å²) in [7, 11) is 0. The fourth-order valence-electron chi connectivity index (χ4n) is 2.68. The summed E-state index contributed by atoms with van der Waals surface area (Å²) >= 11 is 11.9. The molecule has 1 fully saturated rings. The molecule has 0 aromatic rings. The number of alkyl halides is 1. The van der Waals surface area contributed by atoms with Crippen LogP contribution in [0.25, 0.3) is 10.4 Å². The molecule has 1 aliphatic heterocycles. The second-order valence-electron chi connectivity index (χ2n) is 5.44. The van der Waals surface area contributed by atoms with Crippen molar-refractivity contribution < 1.29 is 4.79 Å². The van der Waals surface area contributed by atoms with Gasteiger partial charge in [0, 0.05) is 11.0 Å². The predicted octanol–water partition coefficient (Wildman–Crippen LogP) is 2.03. The van der Waals surface area contributed by atoms with Crippen molar-refractivity contribution in [3.63, 3.8) is 0 Å². The first-order chi connectivity index (χ1) is 11.0. The highest BCUT2D eigenvalue weighted by Crippen LogP contribution is 2.21.